The summed E-state index contributed by atoms with van der Waals surface area (Å²) in [4.78, 5) is 25.3. The normalized spacial score (nSPS) is 19.1. The third kappa shape index (κ3) is 4.67. The zero-order valence-electron chi connectivity index (χ0n) is 13.1. The summed E-state index contributed by atoms with van der Waals surface area (Å²) in [6, 6.07) is 5.61. The first-order valence-corrected chi connectivity index (χ1v) is 7.48. The van der Waals surface area contributed by atoms with Crippen molar-refractivity contribution in [2.24, 2.45) is 5.92 Å². The standard InChI is InChI=1S/C15H18F3N3O3/c1-19(12-5-2-6-13(8-12)21(23)24)14(22)11-4-3-7-20(9-11)10-15(16,17)18/h2,5-6,8,11H,3-4,7,9-10H2,1H3/t11-/m1/s1. The molecule has 0 aliphatic carbocycles. The number of piperidine rings is 1. The Morgan fingerprint density at radius 1 is 1.46 bits per heavy atom. The first kappa shape index (κ1) is 18.2. The number of benzene rings is 1. The molecule has 6 nitrogen and oxygen atoms in total. The van der Waals surface area contributed by atoms with Crippen molar-refractivity contribution in [2.75, 3.05) is 31.6 Å². The van der Waals surface area contributed by atoms with Gasteiger partial charge in [0.2, 0.25) is 5.91 Å². The van der Waals surface area contributed by atoms with Gasteiger partial charge in [0.15, 0.2) is 0 Å². The second-order valence-corrected chi connectivity index (χ2v) is 5.86. The fourth-order valence-electron chi connectivity index (χ4n) is 2.87. The number of likely N-dealkylation sites (tertiary alicyclic amines) is 1. The summed E-state index contributed by atoms with van der Waals surface area (Å²) in [5, 5.41) is 10.8. The molecule has 24 heavy (non-hydrogen) atoms. The first-order valence-electron chi connectivity index (χ1n) is 7.48. The quantitative estimate of drug-likeness (QED) is 0.622. The molecule has 1 amide bonds. The summed E-state index contributed by atoms with van der Waals surface area (Å²) in [6.45, 7) is -0.682. The third-order valence-electron chi connectivity index (χ3n) is 4.02. The van der Waals surface area contributed by atoms with E-state index >= 15 is 0 Å². The predicted molar refractivity (Wildman–Crippen MR) is 81.7 cm³/mol. The van der Waals surface area contributed by atoms with Crippen LogP contribution in [0.2, 0.25) is 0 Å². The minimum Gasteiger partial charge on any atom is -0.315 e. The van der Waals surface area contributed by atoms with E-state index in [9.17, 15) is 28.1 Å². The Bertz CT molecular complexity index is 621. The molecule has 1 aromatic rings. The number of alkyl halides is 3. The van der Waals surface area contributed by atoms with Crippen molar-refractivity contribution in [3.8, 4) is 0 Å². The summed E-state index contributed by atoms with van der Waals surface area (Å²) in [5.41, 5.74) is 0.205. The fraction of sp³-hybridized carbons (Fsp3) is 0.533. The maximum absolute atomic E-state index is 12.5. The Kier molecular flexibility index (Phi) is 5.43. The van der Waals surface area contributed by atoms with Crippen molar-refractivity contribution >= 4 is 17.3 Å². The number of nitro benzene ring substituents is 1. The Hall–Kier alpha value is -2.16. The number of hydrogen-bond acceptors (Lipinski definition) is 4. The third-order valence-corrected chi connectivity index (χ3v) is 4.02. The van der Waals surface area contributed by atoms with E-state index < -0.39 is 23.6 Å². The monoisotopic (exact) mass is 345 g/mol. The molecule has 1 aromatic carbocycles. The van der Waals surface area contributed by atoms with E-state index in [4.69, 9.17) is 0 Å². The fourth-order valence-corrected chi connectivity index (χ4v) is 2.87. The van der Waals surface area contributed by atoms with Crippen LogP contribution >= 0.6 is 0 Å². The Labute approximate surface area is 137 Å². The average molecular weight is 345 g/mol. The molecule has 2 rings (SSSR count). The topological polar surface area (TPSA) is 66.7 Å². The van der Waals surface area contributed by atoms with Gasteiger partial charge in [-0.3, -0.25) is 19.8 Å². The van der Waals surface area contributed by atoms with Crippen LogP contribution in [0.25, 0.3) is 0 Å². The van der Waals surface area contributed by atoms with Crippen LogP contribution in [0.1, 0.15) is 12.8 Å². The van der Waals surface area contributed by atoms with E-state index in [0.29, 0.717) is 25.1 Å². The van der Waals surface area contributed by atoms with E-state index in [1.807, 2.05) is 0 Å². The van der Waals surface area contributed by atoms with E-state index in [-0.39, 0.29) is 18.1 Å². The van der Waals surface area contributed by atoms with Crippen molar-refractivity contribution < 1.29 is 22.9 Å². The molecule has 0 bridgehead atoms. The SMILES string of the molecule is CN(C(=O)[C@@H]1CCCN(CC(F)(F)F)C1)c1cccc([N+](=O)[O-])c1. The largest absolute Gasteiger partial charge is 0.401 e. The number of carbonyl (C=O) groups is 1. The molecule has 0 spiro atoms. The maximum atomic E-state index is 12.5. The summed E-state index contributed by atoms with van der Waals surface area (Å²) < 4.78 is 37.5. The molecule has 1 heterocycles. The minimum atomic E-state index is -4.29. The van der Waals surface area contributed by atoms with Crippen molar-refractivity contribution in [1.29, 1.82) is 0 Å². The molecule has 1 fully saturated rings. The highest BCUT2D eigenvalue weighted by Crippen LogP contribution is 2.26. The van der Waals surface area contributed by atoms with Crippen molar-refractivity contribution in [2.45, 2.75) is 19.0 Å². The molecule has 0 radical (unpaired) electrons. The zero-order valence-corrected chi connectivity index (χ0v) is 13.1. The van der Waals surface area contributed by atoms with E-state index in [2.05, 4.69) is 0 Å². The van der Waals surface area contributed by atoms with Gasteiger partial charge in [-0.1, -0.05) is 6.07 Å². The van der Waals surface area contributed by atoms with Crippen LogP contribution in [0.3, 0.4) is 0 Å². The summed E-state index contributed by atoms with van der Waals surface area (Å²) >= 11 is 0. The highest BCUT2D eigenvalue weighted by molar-refractivity contribution is 5.95. The van der Waals surface area contributed by atoms with Gasteiger partial charge in [0.05, 0.1) is 23.1 Å². The molecule has 0 N–H and O–H groups in total. The van der Waals surface area contributed by atoms with Crippen LogP contribution in [0.5, 0.6) is 0 Å². The molecular formula is C15H18F3N3O3. The van der Waals surface area contributed by atoms with Gasteiger partial charge in [-0.2, -0.15) is 13.2 Å². The molecule has 0 saturated carbocycles. The van der Waals surface area contributed by atoms with Gasteiger partial charge >= 0.3 is 6.18 Å². The number of amides is 1. The van der Waals surface area contributed by atoms with E-state index in [1.165, 1.54) is 35.0 Å². The molecule has 1 atom stereocenters. The maximum Gasteiger partial charge on any atom is 0.401 e. The Balaban J connectivity index is 2.07. The number of nitrogens with zero attached hydrogens (tertiary/aromatic N) is 3. The zero-order chi connectivity index (χ0) is 17.9. The van der Waals surface area contributed by atoms with E-state index in [1.54, 1.807) is 6.07 Å². The van der Waals surface area contributed by atoms with Gasteiger partial charge in [0.25, 0.3) is 5.69 Å². The molecule has 132 valence electrons. The number of carbonyl (C=O) groups excluding carboxylic acids is 1. The van der Waals surface area contributed by atoms with Crippen molar-refractivity contribution in [3.05, 3.63) is 34.4 Å². The van der Waals surface area contributed by atoms with Crippen LogP contribution in [-0.4, -0.2) is 48.6 Å². The van der Waals surface area contributed by atoms with Crippen molar-refractivity contribution in [1.82, 2.24) is 4.90 Å². The summed E-state index contributed by atoms with van der Waals surface area (Å²) in [6.07, 6.45) is -3.28. The molecule has 0 aromatic heterocycles. The minimum absolute atomic E-state index is 0.0393. The number of halogens is 3. The number of hydrogen-bond donors (Lipinski definition) is 0. The van der Waals surface area contributed by atoms with Crippen molar-refractivity contribution in [3.63, 3.8) is 0 Å². The highest BCUT2D eigenvalue weighted by atomic mass is 19.4. The van der Waals surface area contributed by atoms with Gasteiger partial charge in [-0.05, 0) is 25.5 Å². The lowest BCUT2D eigenvalue weighted by molar-refractivity contribution is -0.384. The predicted octanol–water partition coefficient (Wildman–Crippen LogP) is 2.83. The Morgan fingerprint density at radius 3 is 2.79 bits per heavy atom. The van der Waals surface area contributed by atoms with E-state index in [0.717, 1.165) is 0 Å². The van der Waals surface area contributed by atoms with Gasteiger partial charge in [-0.15, -0.1) is 0 Å². The lowest BCUT2D eigenvalue weighted by Crippen LogP contribution is -2.46. The molecule has 9 heteroatoms. The molecule has 1 aliphatic heterocycles. The first-order chi connectivity index (χ1) is 11.2. The van der Waals surface area contributed by atoms with Crippen LogP contribution in [0.15, 0.2) is 24.3 Å². The summed E-state index contributed by atoms with van der Waals surface area (Å²) in [5.74, 6) is -0.882. The van der Waals surface area contributed by atoms with Crippen LogP contribution in [-0.2, 0) is 4.79 Å². The summed E-state index contributed by atoms with van der Waals surface area (Å²) in [7, 11) is 1.48. The number of non-ortho nitro benzene ring substituents is 1. The van der Waals surface area contributed by atoms with Crippen LogP contribution in [0, 0.1) is 16.0 Å². The second kappa shape index (κ2) is 7.16. The average Bonchev–Trinajstić information content (AvgIpc) is 2.52. The lowest BCUT2D eigenvalue weighted by Gasteiger charge is -2.34. The molecule has 1 saturated heterocycles. The molecule has 0 unspecified atom stereocenters. The second-order valence-electron chi connectivity index (χ2n) is 5.86. The van der Waals surface area contributed by atoms with Gasteiger partial charge in [0.1, 0.15) is 0 Å². The number of nitro groups is 1. The van der Waals surface area contributed by atoms with Gasteiger partial charge < -0.3 is 4.90 Å². The smallest absolute Gasteiger partial charge is 0.315 e. The number of rotatable bonds is 4. The Morgan fingerprint density at radius 2 is 2.17 bits per heavy atom. The molecular weight excluding hydrogens is 327 g/mol. The van der Waals surface area contributed by atoms with Gasteiger partial charge in [-0.25, -0.2) is 0 Å². The van der Waals surface area contributed by atoms with Crippen LogP contribution in [0.4, 0.5) is 24.5 Å². The lowest BCUT2D eigenvalue weighted by atomic mass is 9.96. The van der Waals surface area contributed by atoms with Gasteiger partial charge in [0, 0.05) is 25.7 Å². The number of anilines is 1. The highest BCUT2D eigenvalue weighted by Gasteiger charge is 2.35. The molecule has 1 aliphatic rings. The van der Waals surface area contributed by atoms with Crippen LogP contribution < -0.4 is 4.90 Å².